The third-order valence-electron chi connectivity index (χ3n) is 1.67. The van der Waals surface area contributed by atoms with Crippen LogP contribution >= 0.6 is 0 Å². The molecule has 2 aromatic rings. The van der Waals surface area contributed by atoms with Gasteiger partial charge in [0.2, 0.25) is 5.95 Å². The number of H-pyrrole nitrogens is 1. The molecule has 0 saturated heterocycles. The van der Waals surface area contributed by atoms with E-state index in [1.54, 1.807) is 0 Å². The highest BCUT2D eigenvalue weighted by Gasteiger charge is 2.04. The second kappa shape index (κ2) is 2.10. The Morgan fingerprint density at radius 3 is 2.83 bits per heavy atom. The van der Waals surface area contributed by atoms with Gasteiger partial charge in [0.1, 0.15) is 11.5 Å². The van der Waals surface area contributed by atoms with Gasteiger partial charge in [0.05, 0.1) is 5.39 Å². The second-order valence-electron chi connectivity index (χ2n) is 2.68. The molecule has 0 saturated carbocycles. The van der Waals surface area contributed by atoms with Gasteiger partial charge in [0.25, 0.3) is 0 Å². The molecule has 0 aliphatic carbocycles. The number of fused-ring (bicyclic) bond motifs is 1. The van der Waals surface area contributed by atoms with E-state index >= 15 is 0 Å². The van der Waals surface area contributed by atoms with Gasteiger partial charge < -0.3 is 16.5 Å². The van der Waals surface area contributed by atoms with Gasteiger partial charge in [-0.05, 0) is 13.0 Å². The number of aromatic nitrogens is 3. The summed E-state index contributed by atoms with van der Waals surface area (Å²) in [5, 5.41) is 0.821. The first-order valence-electron chi connectivity index (χ1n) is 3.55. The first-order chi connectivity index (χ1) is 5.66. The van der Waals surface area contributed by atoms with Crippen LogP contribution < -0.4 is 11.5 Å². The lowest BCUT2D eigenvalue weighted by Gasteiger charge is -1.95. The summed E-state index contributed by atoms with van der Waals surface area (Å²) < 4.78 is 0. The summed E-state index contributed by atoms with van der Waals surface area (Å²) in [6.07, 6.45) is 0. The average molecular weight is 163 g/mol. The maximum Gasteiger partial charge on any atom is 0.223 e. The molecule has 0 radical (unpaired) electrons. The predicted molar refractivity (Wildman–Crippen MR) is 47.5 cm³/mol. The molecule has 2 aromatic heterocycles. The molecule has 62 valence electrons. The molecule has 0 aliphatic heterocycles. The Labute approximate surface area is 68.8 Å². The van der Waals surface area contributed by atoms with Gasteiger partial charge in [-0.1, -0.05) is 0 Å². The van der Waals surface area contributed by atoms with Crippen LogP contribution in [0.15, 0.2) is 6.07 Å². The monoisotopic (exact) mass is 163 g/mol. The lowest BCUT2D eigenvalue weighted by molar-refractivity contribution is 1.20. The van der Waals surface area contributed by atoms with Crippen LogP contribution in [0.25, 0.3) is 11.0 Å². The lowest BCUT2D eigenvalue weighted by Crippen LogP contribution is -1.99. The summed E-state index contributed by atoms with van der Waals surface area (Å²) in [5.41, 5.74) is 12.7. The zero-order valence-corrected chi connectivity index (χ0v) is 6.63. The molecule has 0 aliphatic rings. The maximum atomic E-state index is 5.62. The van der Waals surface area contributed by atoms with E-state index in [0.717, 1.165) is 11.1 Å². The van der Waals surface area contributed by atoms with E-state index < -0.39 is 0 Å². The fraction of sp³-hybridized carbons (Fsp3) is 0.143. The summed E-state index contributed by atoms with van der Waals surface area (Å²) in [7, 11) is 0. The molecule has 0 amide bonds. The molecular formula is C7H9N5. The normalized spacial score (nSPS) is 10.8. The van der Waals surface area contributed by atoms with Crippen LogP contribution in [0.2, 0.25) is 0 Å². The molecule has 0 unspecified atom stereocenters. The molecule has 0 spiro atoms. The summed E-state index contributed by atoms with van der Waals surface area (Å²) in [6.45, 7) is 1.93. The fourth-order valence-electron chi connectivity index (χ4n) is 1.18. The van der Waals surface area contributed by atoms with Gasteiger partial charge >= 0.3 is 0 Å². The van der Waals surface area contributed by atoms with Gasteiger partial charge in [-0.3, -0.25) is 0 Å². The van der Waals surface area contributed by atoms with Gasteiger partial charge in [0.15, 0.2) is 0 Å². The standard InChI is InChI=1S/C7H9N5/c1-3-2-4-5(8)11-7(9)12-6(4)10-3/h2H,1H3,(H5,8,9,10,11,12). The predicted octanol–water partition coefficient (Wildman–Crippen LogP) is 0.431. The van der Waals surface area contributed by atoms with Crippen LogP contribution in [0.4, 0.5) is 11.8 Å². The Hall–Kier alpha value is -1.78. The molecule has 0 bridgehead atoms. The van der Waals surface area contributed by atoms with E-state index in [2.05, 4.69) is 15.0 Å². The molecule has 2 rings (SSSR count). The van der Waals surface area contributed by atoms with E-state index in [-0.39, 0.29) is 5.95 Å². The molecule has 0 atom stereocenters. The van der Waals surface area contributed by atoms with Crippen LogP contribution in [0.3, 0.4) is 0 Å². The number of nitrogens with one attached hydrogen (secondary N) is 1. The zero-order chi connectivity index (χ0) is 8.72. The topological polar surface area (TPSA) is 93.6 Å². The van der Waals surface area contributed by atoms with Crippen molar-refractivity contribution in [3.63, 3.8) is 0 Å². The van der Waals surface area contributed by atoms with Gasteiger partial charge in [-0.25, -0.2) is 0 Å². The minimum atomic E-state index is 0.196. The van der Waals surface area contributed by atoms with E-state index in [1.807, 2.05) is 13.0 Å². The van der Waals surface area contributed by atoms with Crippen molar-refractivity contribution in [1.82, 2.24) is 15.0 Å². The molecule has 5 heteroatoms. The maximum absolute atomic E-state index is 5.62. The van der Waals surface area contributed by atoms with Crippen LogP contribution in [0.1, 0.15) is 5.69 Å². The Bertz CT molecular complexity index is 431. The number of nitrogens with two attached hydrogens (primary N) is 2. The number of anilines is 2. The molecule has 12 heavy (non-hydrogen) atoms. The van der Waals surface area contributed by atoms with Crippen molar-refractivity contribution in [3.8, 4) is 0 Å². The van der Waals surface area contributed by atoms with Crippen LogP contribution in [-0.2, 0) is 0 Å². The van der Waals surface area contributed by atoms with Gasteiger partial charge in [0, 0.05) is 5.69 Å². The number of hydrogen-bond donors (Lipinski definition) is 3. The number of rotatable bonds is 0. The van der Waals surface area contributed by atoms with Crippen molar-refractivity contribution in [2.75, 3.05) is 11.5 Å². The lowest BCUT2D eigenvalue weighted by atomic mass is 10.3. The van der Waals surface area contributed by atoms with Gasteiger partial charge in [-0.15, -0.1) is 0 Å². The van der Waals surface area contributed by atoms with Crippen LogP contribution in [-0.4, -0.2) is 15.0 Å². The number of hydrogen-bond acceptors (Lipinski definition) is 4. The Kier molecular flexibility index (Phi) is 1.21. The van der Waals surface area contributed by atoms with Crippen LogP contribution in [0.5, 0.6) is 0 Å². The highest BCUT2D eigenvalue weighted by Crippen LogP contribution is 2.18. The number of nitrogen functional groups attached to an aromatic ring is 2. The van der Waals surface area contributed by atoms with Crippen LogP contribution in [0, 0.1) is 6.92 Å². The van der Waals surface area contributed by atoms with Crippen molar-refractivity contribution in [2.45, 2.75) is 6.92 Å². The summed E-state index contributed by atoms with van der Waals surface area (Å²) in [6, 6.07) is 1.89. The largest absolute Gasteiger partial charge is 0.383 e. The third-order valence-corrected chi connectivity index (χ3v) is 1.67. The molecule has 0 fully saturated rings. The Morgan fingerprint density at radius 1 is 1.33 bits per heavy atom. The second-order valence-corrected chi connectivity index (χ2v) is 2.68. The molecular weight excluding hydrogens is 154 g/mol. The summed E-state index contributed by atoms with van der Waals surface area (Å²) in [4.78, 5) is 10.9. The first-order valence-corrected chi connectivity index (χ1v) is 3.55. The van der Waals surface area contributed by atoms with Crippen molar-refractivity contribution in [2.24, 2.45) is 0 Å². The minimum absolute atomic E-state index is 0.196. The Morgan fingerprint density at radius 2 is 2.08 bits per heavy atom. The Balaban J connectivity index is 2.88. The molecule has 5 nitrogen and oxygen atoms in total. The van der Waals surface area contributed by atoms with Crippen molar-refractivity contribution >= 4 is 22.8 Å². The fourth-order valence-corrected chi connectivity index (χ4v) is 1.18. The highest BCUT2D eigenvalue weighted by molar-refractivity contribution is 5.87. The number of aromatic amines is 1. The summed E-state index contributed by atoms with van der Waals surface area (Å²) >= 11 is 0. The highest BCUT2D eigenvalue weighted by atomic mass is 15.1. The quantitative estimate of drug-likeness (QED) is 0.525. The zero-order valence-electron chi connectivity index (χ0n) is 6.63. The van der Waals surface area contributed by atoms with E-state index in [4.69, 9.17) is 11.5 Å². The van der Waals surface area contributed by atoms with Crippen molar-refractivity contribution in [3.05, 3.63) is 11.8 Å². The molecule has 0 aromatic carbocycles. The molecule has 2 heterocycles. The average Bonchev–Trinajstić information content (AvgIpc) is 2.29. The number of nitrogens with zero attached hydrogens (tertiary/aromatic N) is 2. The van der Waals surface area contributed by atoms with Crippen molar-refractivity contribution < 1.29 is 0 Å². The number of aryl methyl sites for hydroxylation is 1. The minimum Gasteiger partial charge on any atom is -0.383 e. The molecule has 5 N–H and O–H groups in total. The first kappa shape index (κ1) is 6.90. The van der Waals surface area contributed by atoms with Crippen molar-refractivity contribution in [1.29, 1.82) is 0 Å². The third kappa shape index (κ3) is 0.868. The van der Waals surface area contributed by atoms with E-state index in [0.29, 0.717) is 11.5 Å². The van der Waals surface area contributed by atoms with E-state index in [9.17, 15) is 0 Å². The SMILES string of the molecule is Cc1cc2c(N)nc(N)nc2[nH]1. The van der Waals surface area contributed by atoms with E-state index in [1.165, 1.54) is 0 Å². The smallest absolute Gasteiger partial charge is 0.223 e. The van der Waals surface area contributed by atoms with Gasteiger partial charge in [-0.2, -0.15) is 9.97 Å². The summed E-state index contributed by atoms with van der Waals surface area (Å²) in [5.74, 6) is 0.615.